The van der Waals surface area contributed by atoms with Gasteiger partial charge in [0, 0.05) is 73.8 Å². The number of rotatable bonds is 32. The molecule has 8 N–H and O–H groups in total. The van der Waals surface area contributed by atoms with Gasteiger partial charge in [-0.2, -0.15) is 0 Å². The fraction of sp³-hybridized carbons (Fsp3) is 0.481. The van der Waals surface area contributed by atoms with E-state index in [2.05, 4.69) is 162 Å². The van der Waals surface area contributed by atoms with Gasteiger partial charge in [-0.25, -0.2) is 19.2 Å². The van der Waals surface area contributed by atoms with Gasteiger partial charge >= 0.3 is 24.1 Å². The molecule has 0 aliphatic heterocycles. The fourth-order valence-corrected chi connectivity index (χ4v) is 12.0. The average Bonchev–Trinajstić information content (AvgIpc) is 0.863. The Hall–Kier alpha value is -5.89. The van der Waals surface area contributed by atoms with E-state index in [-0.39, 0.29) is 24.1 Å². The van der Waals surface area contributed by atoms with Crippen LogP contribution in [0, 0.1) is 34.6 Å². The van der Waals surface area contributed by atoms with Crippen LogP contribution in [0.1, 0.15) is 186 Å². The number of quaternary nitrogens is 2. The summed E-state index contributed by atoms with van der Waals surface area (Å²) >= 11 is 13.8. The highest BCUT2D eigenvalue weighted by atomic mass is 79.9. The lowest BCUT2D eigenvalue weighted by Gasteiger charge is -2.39. The van der Waals surface area contributed by atoms with E-state index in [1.807, 2.05) is 101 Å². The molecule has 23 heteroatoms. The third-order valence-corrected chi connectivity index (χ3v) is 20.5. The van der Waals surface area contributed by atoms with E-state index in [1.54, 1.807) is 48.5 Å². The van der Waals surface area contributed by atoms with Crippen LogP contribution in [0.4, 0.5) is 64.7 Å². The van der Waals surface area contributed by atoms with Crippen molar-refractivity contribution in [3.05, 3.63) is 161 Å². The van der Waals surface area contributed by atoms with Gasteiger partial charge in [-0.1, -0.05) is 183 Å². The van der Waals surface area contributed by atoms with E-state index in [9.17, 15) is 19.2 Å². The molecule has 0 bridgehead atoms. The Balaban J connectivity index is 0.000000459. The van der Waals surface area contributed by atoms with Crippen molar-refractivity contribution < 1.29 is 45.7 Å². The molecule has 0 aromatic heterocycles. The molecule has 0 heterocycles. The van der Waals surface area contributed by atoms with Crippen LogP contribution < -0.4 is 42.5 Å². The summed E-state index contributed by atoms with van der Waals surface area (Å²) in [5.74, 6) is 0. The molecule has 0 fully saturated rings. The van der Waals surface area contributed by atoms with Gasteiger partial charge in [0.25, 0.3) is 0 Å². The first-order valence-corrected chi connectivity index (χ1v) is 39.9. The number of nitrogens with one attached hydrogen (secondary N) is 8. The highest BCUT2D eigenvalue weighted by molar-refractivity contribution is 9.11. The molecule has 0 unspecified atom stereocenters. The Morgan fingerprint density at radius 1 is 0.310 bits per heavy atom. The Bertz CT molecular complexity index is 3320. The number of anilines is 8. The number of urea groups is 4. The van der Waals surface area contributed by atoms with Crippen molar-refractivity contribution >= 4 is 144 Å². The van der Waals surface area contributed by atoms with Crippen molar-refractivity contribution in [1.82, 2.24) is 0 Å². The lowest BCUT2D eigenvalue weighted by Crippen LogP contribution is -2.50. The molecule has 0 atom stereocenters. The van der Waals surface area contributed by atoms with E-state index in [1.165, 1.54) is 164 Å². The molecule has 0 aliphatic carbocycles. The molecule has 6 aromatic carbocycles. The standard InChI is InChI=1S/C23H22Br2N4O2.C22H20Br2N4O2.2C16H36N.H2O4S/c1-13-9-18(7-8-20(13)24)28-22(30)26-16-5-4-6-17(12-16)27-23(31)29-19-10-14(2)21(25)15(3)11-19;1-13-10-17(6-8-19(13)23)27-21(29)25-15-4-3-5-16(12-15)26-22(30)28-18-7-9-20(24)14(2)11-18;2*1-5-9-13-17(14-10-6-2,15-11-7-3)16-12-8-4;1-5(2,3)4/h4-12H,1-3H3,(H2,26,28,30)(H2,27,29,31);3-12H,1-2H3,(H2,25,27,29)(H2,26,28,30);2*5-16H2,1-4H3;(H2,1,2,3,4)/q;;2*+1;/p-2. The average molecular weight is 1660 g/mol. The normalized spacial score (nSPS) is 10.9. The smallest absolute Gasteiger partial charge is 0.323 e. The van der Waals surface area contributed by atoms with Crippen LogP contribution in [-0.2, 0) is 10.4 Å². The molecule has 0 spiro atoms. The van der Waals surface area contributed by atoms with Crippen LogP contribution in [0.3, 0.4) is 0 Å². The predicted octanol–water partition coefficient (Wildman–Crippen LogP) is 23.2. The third kappa shape index (κ3) is 38.4. The summed E-state index contributed by atoms with van der Waals surface area (Å²) in [6.07, 6.45) is 22.1. The van der Waals surface area contributed by atoms with Gasteiger partial charge in [0.2, 0.25) is 0 Å². The van der Waals surface area contributed by atoms with E-state index < -0.39 is 10.4 Å². The van der Waals surface area contributed by atoms with Gasteiger partial charge in [-0.05, 0) is 217 Å². The number of amides is 8. The van der Waals surface area contributed by atoms with Gasteiger partial charge in [-0.3, -0.25) is 8.42 Å². The van der Waals surface area contributed by atoms with E-state index in [0.29, 0.717) is 45.5 Å². The van der Waals surface area contributed by atoms with E-state index in [4.69, 9.17) is 17.5 Å². The topological polar surface area (TPSA) is 245 Å². The van der Waals surface area contributed by atoms with Crippen molar-refractivity contribution in [2.45, 2.75) is 193 Å². The zero-order valence-corrected chi connectivity index (χ0v) is 68.7. The molecule has 0 aliphatic rings. The molecule has 554 valence electrons. The molecular formula is C77H114Br4N10O8S. The van der Waals surface area contributed by atoms with Crippen molar-refractivity contribution in [2.75, 3.05) is 94.9 Å². The second-order valence-corrected chi connectivity index (χ2v) is 29.7. The largest absolute Gasteiger partial charge is 0.759 e. The number of carbonyl (C=O) groups excluding carboxylic acids is 4. The first-order chi connectivity index (χ1) is 47.5. The van der Waals surface area contributed by atoms with Crippen LogP contribution >= 0.6 is 63.7 Å². The summed E-state index contributed by atoms with van der Waals surface area (Å²) in [4.78, 5) is 49.2. The van der Waals surface area contributed by atoms with Crippen molar-refractivity contribution in [1.29, 1.82) is 0 Å². The Morgan fingerprint density at radius 3 is 0.680 bits per heavy atom. The van der Waals surface area contributed by atoms with Crippen molar-refractivity contribution in [3.8, 4) is 0 Å². The van der Waals surface area contributed by atoms with Gasteiger partial charge in [0.1, 0.15) is 0 Å². The first kappa shape index (κ1) is 90.2. The third-order valence-electron chi connectivity index (χ3n) is 16.6. The SMILES string of the molecule is CCCC[N+](CCCC)(CCCC)CCCC.CCCC[N+](CCCC)(CCCC)CCCC.Cc1cc(NC(=O)Nc2cccc(NC(=O)Nc3cc(C)c(Br)c(C)c3)c2)ccc1Br.Cc1cc(NC(=O)Nc2cccc(NC(=O)Nc3ccc(Br)c(C)c3)c2)ccc1Br.O=S(=O)([O-])[O-]. The predicted molar refractivity (Wildman–Crippen MR) is 433 cm³/mol. The molecule has 18 nitrogen and oxygen atoms in total. The van der Waals surface area contributed by atoms with Crippen LogP contribution in [0.2, 0.25) is 0 Å². The van der Waals surface area contributed by atoms with E-state index in [0.717, 1.165) is 45.7 Å². The number of carbonyl (C=O) groups is 4. The summed E-state index contributed by atoms with van der Waals surface area (Å²) in [5, 5.41) is 22.3. The number of nitrogens with zero attached hydrogens (tertiary/aromatic N) is 2. The highest BCUT2D eigenvalue weighted by Crippen LogP contribution is 2.28. The minimum Gasteiger partial charge on any atom is -0.759 e. The first-order valence-electron chi connectivity index (χ1n) is 35.4. The molecule has 8 amide bonds. The van der Waals surface area contributed by atoms with Crippen LogP contribution in [-0.4, -0.2) is 103 Å². The second kappa shape index (κ2) is 49.7. The summed E-state index contributed by atoms with van der Waals surface area (Å²) in [6.45, 7) is 39.8. The van der Waals surface area contributed by atoms with E-state index >= 15 is 0 Å². The Morgan fingerprint density at radius 2 is 0.490 bits per heavy atom. The van der Waals surface area contributed by atoms with Crippen LogP contribution in [0.25, 0.3) is 0 Å². The number of hydrogen-bond donors (Lipinski definition) is 8. The maximum Gasteiger partial charge on any atom is 0.323 e. The Kier molecular flexibility index (Phi) is 44.8. The zero-order valence-electron chi connectivity index (χ0n) is 61.5. The lowest BCUT2D eigenvalue weighted by molar-refractivity contribution is -0.929. The fourth-order valence-electron chi connectivity index (χ4n) is 11.0. The van der Waals surface area contributed by atoms with Gasteiger partial charge in [0.05, 0.1) is 52.4 Å². The number of aryl methyl sites for hydroxylation is 5. The maximum absolute atomic E-state index is 12.4. The summed E-state index contributed by atoms with van der Waals surface area (Å²) in [6, 6.07) is 32.8. The number of halogens is 4. The molecule has 6 rings (SSSR count). The van der Waals surface area contributed by atoms with Gasteiger partial charge < -0.3 is 60.6 Å². The number of benzene rings is 6. The molecule has 6 aromatic rings. The van der Waals surface area contributed by atoms with Gasteiger partial charge in [0.15, 0.2) is 0 Å². The molecule has 0 saturated heterocycles. The minimum absolute atomic E-state index is 0.368. The molecule has 0 radical (unpaired) electrons. The minimum atomic E-state index is -5.17. The zero-order chi connectivity index (χ0) is 74.7. The van der Waals surface area contributed by atoms with Crippen LogP contribution in [0.15, 0.2) is 133 Å². The van der Waals surface area contributed by atoms with Crippen molar-refractivity contribution in [3.63, 3.8) is 0 Å². The Labute approximate surface area is 633 Å². The number of hydrogen-bond acceptors (Lipinski definition) is 8. The summed E-state index contributed by atoms with van der Waals surface area (Å²) in [7, 11) is -5.17. The molecule has 0 saturated carbocycles. The monoisotopic (exact) mass is 1650 g/mol. The molecule has 100 heavy (non-hydrogen) atoms. The summed E-state index contributed by atoms with van der Waals surface area (Å²) in [5.41, 5.74) is 10.1. The van der Waals surface area contributed by atoms with Gasteiger partial charge in [-0.15, -0.1) is 0 Å². The number of unbranched alkanes of at least 4 members (excludes halogenated alkanes) is 8. The second-order valence-electron chi connectivity index (χ2n) is 25.5. The van der Waals surface area contributed by atoms with Crippen molar-refractivity contribution in [2.24, 2.45) is 0 Å². The molecular weight excluding hydrogens is 1540 g/mol. The summed E-state index contributed by atoms with van der Waals surface area (Å²) < 4.78 is 40.9. The quantitative estimate of drug-likeness (QED) is 0.0114. The van der Waals surface area contributed by atoms with Crippen LogP contribution in [0.5, 0.6) is 0 Å². The maximum atomic E-state index is 12.4. The highest BCUT2D eigenvalue weighted by Gasteiger charge is 2.26. The lowest BCUT2D eigenvalue weighted by atomic mass is 10.1.